The number of benzene rings is 2. The van der Waals surface area contributed by atoms with Gasteiger partial charge in [-0.25, -0.2) is 14.0 Å². The summed E-state index contributed by atoms with van der Waals surface area (Å²) in [6.45, 7) is 2.57. The summed E-state index contributed by atoms with van der Waals surface area (Å²) in [5, 5.41) is 3.23. The number of hydrogen-bond acceptors (Lipinski definition) is 5. The number of nitrogens with zero attached hydrogens (tertiary/aromatic N) is 2. The van der Waals surface area contributed by atoms with Gasteiger partial charge in [0, 0.05) is 43.0 Å². The van der Waals surface area contributed by atoms with Crippen LogP contribution >= 0.6 is 0 Å². The number of piperazine rings is 1. The molecule has 0 bridgehead atoms. The van der Waals surface area contributed by atoms with E-state index in [0.717, 1.165) is 17.2 Å². The average Bonchev–Trinajstić information content (AvgIpc) is 3.38. The number of furan rings is 1. The maximum absolute atomic E-state index is 14.8. The third kappa shape index (κ3) is 4.65. The minimum atomic E-state index is -0.614. The van der Waals surface area contributed by atoms with Crippen molar-refractivity contribution in [3.8, 4) is 11.1 Å². The molecule has 0 spiro atoms. The molecule has 1 aromatic heterocycles. The fourth-order valence-corrected chi connectivity index (χ4v) is 3.67. The number of urea groups is 1. The lowest BCUT2D eigenvalue weighted by Gasteiger charge is -2.33. The Hall–Kier alpha value is -3.65. The molecule has 3 aromatic rings. The smallest absolute Gasteiger partial charge is 0.337 e. The van der Waals surface area contributed by atoms with E-state index >= 15 is 0 Å². The van der Waals surface area contributed by atoms with Gasteiger partial charge in [-0.15, -0.1) is 0 Å². The molecule has 32 heavy (non-hydrogen) atoms. The normalized spacial score (nSPS) is 13.6. The molecule has 0 unspecified atom stereocenters. The van der Waals surface area contributed by atoms with E-state index < -0.39 is 11.8 Å². The molecule has 166 valence electrons. The summed E-state index contributed by atoms with van der Waals surface area (Å²) >= 11 is 0. The highest BCUT2D eigenvalue weighted by Crippen LogP contribution is 2.28. The first-order chi connectivity index (χ1) is 15.6. The molecule has 1 aliphatic rings. The summed E-state index contributed by atoms with van der Waals surface area (Å²) in [7, 11) is 1.25. The second-order valence-electron chi connectivity index (χ2n) is 7.47. The standard InChI is InChI=1S/C24H24FN3O4/c1-31-23(29)18-5-6-19(22(25)14-18)15-28(24(30)27-10-8-26-9-11-27)21-4-2-3-17(13-21)20-7-12-32-16-20/h2-7,12-14,16,26H,8-11,15H2,1H3. The summed E-state index contributed by atoms with van der Waals surface area (Å²) in [5.41, 5.74) is 2.83. The van der Waals surface area contributed by atoms with Gasteiger partial charge in [-0.3, -0.25) is 4.90 Å². The molecule has 7 nitrogen and oxygen atoms in total. The van der Waals surface area contributed by atoms with Crippen molar-refractivity contribution in [2.45, 2.75) is 6.54 Å². The second kappa shape index (κ2) is 9.65. The number of anilines is 1. The first-order valence-corrected chi connectivity index (χ1v) is 10.3. The van der Waals surface area contributed by atoms with Crippen LogP contribution in [0.25, 0.3) is 11.1 Å². The zero-order valence-corrected chi connectivity index (χ0v) is 17.7. The van der Waals surface area contributed by atoms with Crippen LogP contribution in [0.2, 0.25) is 0 Å². The predicted octanol–water partition coefficient (Wildman–Crippen LogP) is 3.90. The second-order valence-corrected chi connectivity index (χ2v) is 7.47. The van der Waals surface area contributed by atoms with Gasteiger partial charge in [-0.1, -0.05) is 18.2 Å². The van der Waals surface area contributed by atoms with Crippen molar-refractivity contribution in [3.63, 3.8) is 0 Å². The Morgan fingerprint density at radius 1 is 1.12 bits per heavy atom. The lowest BCUT2D eigenvalue weighted by Crippen LogP contribution is -2.51. The summed E-state index contributed by atoms with van der Waals surface area (Å²) in [4.78, 5) is 28.5. The topological polar surface area (TPSA) is 75.0 Å². The third-order valence-electron chi connectivity index (χ3n) is 5.43. The van der Waals surface area contributed by atoms with Crippen LogP contribution < -0.4 is 10.2 Å². The highest BCUT2D eigenvalue weighted by molar-refractivity contribution is 5.93. The number of halogens is 1. The minimum Gasteiger partial charge on any atom is -0.472 e. The molecule has 0 aliphatic carbocycles. The van der Waals surface area contributed by atoms with E-state index in [1.807, 2.05) is 30.3 Å². The van der Waals surface area contributed by atoms with Crippen molar-refractivity contribution >= 4 is 17.7 Å². The van der Waals surface area contributed by atoms with Gasteiger partial charge in [0.05, 0.1) is 31.7 Å². The maximum Gasteiger partial charge on any atom is 0.337 e. The summed E-state index contributed by atoms with van der Waals surface area (Å²) in [6.07, 6.45) is 3.22. The zero-order valence-electron chi connectivity index (χ0n) is 17.7. The highest BCUT2D eigenvalue weighted by Gasteiger charge is 2.25. The molecule has 2 aromatic carbocycles. The Labute approximate surface area is 185 Å². The van der Waals surface area contributed by atoms with Gasteiger partial charge in [0.2, 0.25) is 0 Å². The number of rotatable bonds is 5. The van der Waals surface area contributed by atoms with E-state index in [9.17, 15) is 14.0 Å². The van der Waals surface area contributed by atoms with E-state index in [1.54, 1.807) is 22.3 Å². The molecule has 0 radical (unpaired) electrons. The van der Waals surface area contributed by atoms with Gasteiger partial charge in [0.15, 0.2) is 0 Å². The first-order valence-electron chi connectivity index (χ1n) is 10.3. The Kier molecular flexibility index (Phi) is 6.51. The highest BCUT2D eigenvalue weighted by atomic mass is 19.1. The van der Waals surface area contributed by atoms with E-state index in [0.29, 0.717) is 37.4 Å². The lowest BCUT2D eigenvalue weighted by atomic mass is 10.1. The van der Waals surface area contributed by atoms with E-state index in [-0.39, 0.29) is 18.1 Å². The number of carbonyl (C=O) groups excluding carboxylic acids is 2. The van der Waals surface area contributed by atoms with Crippen LogP contribution in [0.5, 0.6) is 0 Å². The van der Waals surface area contributed by atoms with Crippen LogP contribution in [0, 0.1) is 5.82 Å². The fraction of sp³-hybridized carbons (Fsp3) is 0.250. The van der Waals surface area contributed by atoms with Gasteiger partial charge >= 0.3 is 12.0 Å². The predicted molar refractivity (Wildman–Crippen MR) is 118 cm³/mol. The average molecular weight is 437 g/mol. The molecule has 2 amide bonds. The number of ether oxygens (including phenoxy) is 1. The van der Waals surface area contributed by atoms with Crippen molar-refractivity contribution in [3.05, 3.63) is 78.0 Å². The molecule has 1 fully saturated rings. The van der Waals surface area contributed by atoms with E-state index in [4.69, 9.17) is 4.42 Å². The van der Waals surface area contributed by atoms with Gasteiger partial charge in [0.1, 0.15) is 5.82 Å². The number of esters is 1. The lowest BCUT2D eigenvalue weighted by molar-refractivity contribution is 0.0600. The molecule has 4 rings (SSSR count). The Bertz CT molecular complexity index is 1090. The van der Waals surface area contributed by atoms with Gasteiger partial charge < -0.3 is 19.4 Å². The monoisotopic (exact) mass is 437 g/mol. The van der Waals surface area contributed by atoms with Crippen molar-refractivity contribution in [1.29, 1.82) is 0 Å². The molecule has 0 atom stereocenters. The number of carbonyl (C=O) groups is 2. The largest absolute Gasteiger partial charge is 0.472 e. The molecule has 1 aliphatic heterocycles. The number of nitrogens with one attached hydrogen (secondary N) is 1. The van der Waals surface area contributed by atoms with Crippen LogP contribution in [0.4, 0.5) is 14.9 Å². The summed E-state index contributed by atoms with van der Waals surface area (Å²) in [5.74, 6) is -1.19. The molecular formula is C24H24FN3O4. The molecule has 1 N–H and O–H groups in total. The van der Waals surface area contributed by atoms with E-state index in [2.05, 4.69) is 10.1 Å². The summed E-state index contributed by atoms with van der Waals surface area (Å²) in [6, 6.07) is 13.3. The molecule has 8 heteroatoms. The molecule has 0 saturated carbocycles. The Balaban J connectivity index is 1.68. The SMILES string of the molecule is COC(=O)c1ccc(CN(C(=O)N2CCNCC2)c2cccc(-c3ccoc3)c2)c(F)c1. The molecule has 2 heterocycles. The van der Waals surface area contributed by atoms with Gasteiger partial charge in [-0.05, 0) is 35.9 Å². The van der Waals surface area contributed by atoms with Crippen molar-refractivity contribution in [1.82, 2.24) is 10.2 Å². The van der Waals surface area contributed by atoms with E-state index in [1.165, 1.54) is 19.2 Å². The van der Waals surface area contributed by atoms with Crippen LogP contribution in [-0.4, -0.2) is 50.2 Å². The van der Waals surface area contributed by atoms with Crippen LogP contribution in [0.15, 0.2) is 65.5 Å². The number of methoxy groups -OCH3 is 1. The summed E-state index contributed by atoms with van der Waals surface area (Å²) < 4.78 is 24.7. The Morgan fingerprint density at radius 2 is 1.94 bits per heavy atom. The molecular weight excluding hydrogens is 413 g/mol. The number of hydrogen-bond donors (Lipinski definition) is 1. The van der Waals surface area contributed by atoms with Crippen molar-refractivity contribution in [2.24, 2.45) is 0 Å². The van der Waals surface area contributed by atoms with Crippen molar-refractivity contribution < 1.29 is 23.1 Å². The quantitative estimate of drug-likeness (QED) is 0.613. The van der Waals surface area contributed by atoms with Gasteiger partial charge in [-0.2, -0.15) is 0 Å². The van der Waals surface area contributed by atoms with Crippen LogP contribution in [0.1, 0.15) is 15.9 Å². The maximum atomic E-state index is 14.8. The molecule has 1 saturated heterocycles. The first kappa shape index (κ1) is 21.6. The van der Waals surface area contributed by atoms with Gasteiger partial charge in [0.25, 0.3) is 0 Å². The number of amides is 2. The fourth-order valence-electron chi connectivity index (χ4n) is 3.67. The third-order valence-corrected chi connectivity index (χ3v) is 5.43. The Morgan fingerprint density at radius 3 is 2.62 bits per heavy atom. The van der Waals surface area contributed by atoms with Crippen LogP contribution in [0.3, 0.4) is 0 Å². The van der Waals surface area contributed by atoms with Crippen molar-refractivity contribution in [2.75, 3.05) is 38.2 Å². The minimum absolute atomic E-state index is 0.0187. The van der Waals surface area contributed by atoms with Crippen LogP contribution in [-0.2, 0) is 11.3 Å². The zero-order chi connectivity index (χ0) is 22.5.